The largest absolute Gasteiger partial charge is 0.389 e. The van der Waals surface area contributed by atoms with E-state index in [1.807, 2.05) is 36.1 Å². The Morgan fingerprint density at radius 3 is 3.05 bits per heavy atom. The number of amides is 1. The number of aliphatic hydroxyl groups is 1. The Balaban J connectivity index is 1.87. The van der Waals surface area contributed by atoms with Gasteiger partial charge in [-0.3, -0.25) is 9.69 Å². The van der Waals surface area contributed by atoms with Gasteiger partial charge < -0.3 is 10.4 Å². The molecule has 0 bridgehead atoms. The molecule has 5 heteroatoms. The number of nitrogens with zero attached hydrogens (tertiary/aromatic N) is 1. The predicted molar refractivity (Wildman–Crippen MR) is 84.1 cm³/mol. The zero-order valence-corrected chi connectivity index (χ0v) is 13.2. The van der Waals surface area contributed by atoms with E-state index in [1.54, 1.807) is 0 Å². The van der Waals surface area contributed by atoms with Crippen molar-refractivity contribution >= 4 is 34.2 Å². The number of carbonyl (C=O) groups excluding carboxylic acids is 1. The summed E-state index contributed by atoms with van der Waals surface area (Å²) in [6.45, 7) is 3.60. The highest BCUT2D eigenvalue weighted by Gasteiger charge is 2.29. The summed E-state index contributed by atoms with van der Waals surface area (Å²) in [6.07, 6.45) is 1.74. The fourth-order valence-electron chi connectivity index (χ4n) is 2.43. The second kappa shape index (κ2) is 6.19. The number of halogens is 1. The molecule has 1 heterocycles. The first-order valence-electron chi connectivity index (χ1n) is 6.45. The van der Waals surface area contributed by atoms with Crippen LogP contribution in [0.15, 0.2) is 24.3 Å². The molecule has 4 nitrogen and oxygen atoms in total. The highest BCUT2D eigenvalue weighted by Crippen LogP contribution is 2.20. The van der Waals surface area contributed by atoms with Gasteiger partial charge in [0.1, 0.15) is 0 Å². The predicted octanol–water partition coefficient (Wildman–Crippen LogP) is 2.08. The Morgan fingerprint density at radius 2 is 2.37 bits per heavy atom. The Labute approximate surface area is 127 Å². The molecule has 0 aliphatic carbocycles. The van der Waals surface area contributed by atoms with Gasteiger partial charge in [-0.05, 0) is 67.1 Å². The van der Waals surface area contributed by atoms with Crippen LogP contribution in [0, 0.1) is 3.57 Å². The summed E-state index contributed by atoms with van der Waals surface area (Å²) < 4.78 is 1.09. The zero-order chi connectivity index (χ0) is 13.9. The molecule has 19 heavy (non-hydrogen) atoms. The lowest BCUT2D eigenvalue weighted by molar-refractivity contribution is -0.118. The highest BCUT2D eigenvalue weighted by atomic mass is 127. The smallest absolute Gasteiger partial charge is 0.238 e. The lowest BCUT2D eigenvalue weighted by atomic mass is 9.95. The minimum absolute atomic E-state index is 0.0281. The Kier molecular flexibility index (Phi) is 4.81. The number of hydrogen-bond donors (Lipinski definition) is 2. The first kappa shape index (κ1) is 14.7. The van der Waals surface area contributed by atoms with Crippen LogP contribution in [0.1, 0.15) is 19.8 Å². The molecule has 0 aromatic heterocycles. The van der Waals surface area contributed by atoms with Gasteiger partial charge in [0, 0.05) is 15.8 Å². The maximum atomic E-state index is 12.0. The molecule has 1 aromatic rings. The average molecular weight is 374 g/mol. The SMILES string of the molecule is CC1(O)CCCN(CC(=O)Nc2cccc(I)c2)C1. The lowest BCUT2D eigenvalue weighted by Gasteiger charge is -2.36. The van der Waals surface area contributed by atoms with Crippen molar-refractivity contribution in [2.24, 2.45) is 0 Å². The van der Waals surface area contributed by atoms with Gasteiger partial charge in [-0.25, -0.2) is 0 Å². The molecule has 0 spiro atoms. The van der Waals surface area contributed by atoms with Crippen LogP contribution in [0.3, 0.4) is 0 Å². The number of β-amino-alcohol motifs (C(OH)–C–C–N with tert-alkyl or cyclic N) is 1. The minimum atomic E-state index is -0.666. The van der Waals surface area contributed by atoms with Crippen LogP contribution in [-0.2, 0) is 4.79 Å². The fraction of sp³-hybridized carbons (Fsp3) is 0.500. The average Bonchev–Trinajstić information content (AvgIpc) is 2.27. The van der Waals surface area contributed by atoms with Crippen LogP contribution in [0.2, 0.25) is 0 Å². The van der Waals surface area contributed by atoms with Crippen molar-refractivity contribution in [3.8, 4) is 0 Å². The Hall–Kier alpha value is -0.660. The third-order valence-electron chi connectivity index (χ3n) is 3.23. The summed E-state index contributed by atoms with van der Waals surface area (Å²) in [5, 5.41) is 12.9. The van der Waals surface area contributed by atoms with Crippen molar-refractivity contribution in [1.29, 1.82) is 0 Å². The summed E-state index contributed by atoms with van der Waals surface area (Å²) in [4.78, 5) is 14.0. The zero-order valence-electron chi connectivity index (χ0n) is 11.0. The monoisotopic (exact) mass is 374 g/mol. The molecular weight excluding hydrogens is 355 g/mol. The van der Waals surface area contributed by atoms with Crippen molar-refractivity contribution in [2.45, 2.75) is 25.4 Å². The van der Waals surface area contributed by atoms with Gasteiger partial charge in [-0.15, -0.1) is 0 Å². The molecular formula is C14H19IN2O2. The topological polar surface area (TPSA) is 52.6 Å². The second-order valence-electron chi connectivity index (χ2n) is 5.37. The highest BCUT2D eigenvalue weighted by molar-refractivity contribution is 14.1. The molecule has 1 aliphatic heterocycles. The van der Waals surface area contributed by atoms with E-state index in [1.165, 1.54) is 0 Å². The molecule has 1 saturated heterocycles. The molecule has 0 radical (unpaired) electrons. The number of nitrogens with one attached hydrogen (secondary N) is 1. The molecule has 0 saturated carbocycles. The second-order valence-corrected chi connectivity index (χ2v) is 6.62. The molecule has 1 fully saturated rings. The van der Waals surface area contributed by atoms with Gasteiger partial charge in [-0.1, -0.05) is 6.07 Å². The molecule has 1 atom stereocenters. The van der Waals surface area contributed by atoms with Crippen LogP contribution in [-0.4, -0.2) is 41.1 Å². The van der Waals surface area contributed by atoms with Crippen LogP contribution in [0.25, 0.3) is 0 Å². The number of rotatable bonds is 3. The van der Waals surface area contributed by atoms with E-state index in [0.29, 0.717) is 13.1 Å². The molecule has 1 aliphatic rings. The van der Waals surface area contributed by atoms with Crippen molar-refractivity contribution in [3.63, 3.8) is 0 Å². The maximum absolute atomic E-state index is 12.0. The van der Waals surface area contributed by atoms with Gasteiger partial charge >= 0.3 is 0 Å². The summed E-state index contributed by atoms with van der Waals surface area (Å²) in [5.41, 5.74) is 0.154. The number of carbonyl (C=O) groups is 1. The molecule has 2 N–H and O–H groups in total. The van der Waals surface area contributed by atoms with Gasteiger partial charge in [0.05, 0.1) is 12.1 Å². The van der Waals surface area contributed by atoms with E-state index in [4.69, 9.17) is 0 Å². The summed E-state index contributed by atoms with van der Waals surface area (Å²) in [6, 6.07) is 7.72. The summed E-state index contributed by atoms with van der Waals surface area (Å²) >= 11 is 2.22. The Bertz CT molecular complexity index is 463. The summed E-state index contributed by atoms with van der Waals surface area (Å²) in [5.74, 6) is -0.0281. The van der Waals surface area contributed by atoms with Crippen LogP contribution >= 0.6 is 22.6 Å². The van der Waals surface area contributed by atoms with E-state index in [9.17, 15) is 9.90 Å². The number of piperidine rings is 1. The number of likely N-dealkylation sites (tertiary alicyclic amines) is 1. The molecule has 2 rings (SSSR count). The number of benzene rings is 1. The number of hydrogen-bond acceptors (Lipinski definition) is 3. The van der Waals surface area contributed by atoms with Gasteiger partial charge in [0.25, 0.3) is 0 Å². The normalized spacial score (nSPS) is 24.2. The van der Waals surface area contributed by atoms with E-state index >= 15 is 0 Å². The third-order valence-corrected chi connectivity index (χ3v) is 3.90. The van der Waals surface area contributed by atoms with Crippen molar-refractivity contribution in [3.05, 3.63) is 27.8 Å². The van der Waals surface area contributed by atoms with Gasteiger partial charge in [0.15, 0.2) is 0 Å². The van der Waals surface area contributed by atoms with Crippen molar-refractivity contribution < 1.29 is 9.90 Å². The van der Waals surface area contributed by atoms with Gasteiger partial charge in [0.2, 0.25) is 5.91 Å². The molecule has 1 amide bonds. The standard InChI is InChI=1S/C14H19IN2O2/c1-14(19)6-3-7-17(10-14)9-13(18)16-12-5-2-4-11(15)8-12/h2,4-5,8,19H,3,6-7,9-10H2,1H3,(H,16,18). The maximum Gasteiger partial charge on any atom is 0.238 e. The Morgan fingerprint density at radius 1 is 1.58 bits per heavy atom. The minimum Gasteiger partial charge on any atom is -0.389 e. The van der Waals surface area contributed by atoms with Crippen LogP contribution in [0.5, 0.6) is 0 Å². The first-order valence-corrected chi connectivity index (χ1v) is 7.53. The van der Waals surface area contributed by atoms with Crippen LogP contribution < -0.4 is 5.32 Å². The molecule has 104 valence electrons. The van der Waals surface area contributed by atoms with E-state index in [2.05, 4.69) is 27.9 Å². The quantitative estimate of drug-likeness (QED) is 0.797. The van der Waals surface area contributed by atoms with Crippen molar-refractivity contribution in [2.75, 3.05) is 25.0 Å². The van der Waals surface area contributed by atoms with Crippen molar-refractivity contribution in [1.82, 2.24) is 4.90 Å². The third kappa shape index (κ3) is 4.74. The molecule has 1 aromatic carbocycles. The molecule has 1 unspecified atom stereocenters. The van der Waals surface area contributed by atoms with E-state index in [0.717, 1.165) is 28.6 Å². The lowest BCUT2D eigenvalue weighted by Crippen LogP contribution is -2.48. The van der Waals surface area contributed by atoms with E-state index in [-0.39, 0.29) is 5.91 Å². The first-order chi connectivity index (χ1) is 8.94. The fourth-order valence-corrected chi connectivity index (χ4v) is 2.97. The van der Waals surface area contributed by atoms with Crippen LogP contribution in [0.4, 0.5) is 5.69 Å². The summed E-state index contributed by atoms with van der Waals surface area (Å²) in [7, 11) is 0. The van der Waals surface area contributed by atoms with E-state index < -0.39 is 5.60 Å². The number of anilines is 1. The van der Waals surface area contributed by atoms with Gasteiger partial charge in [-0.2, -0.15) is 0 Å².